The van der Waals surface area contributed by atoms with Crippen molar-refractivity contribution in [2.75, 3.05) is 0 Å². The van der Waals surface area contributed by atoms with E-state index < -0.39 is 30.1 Å². The van der Waals surface area contributed by atoms with Gasteiger partial charge in [-0.2, -0.15) is 13.2 Å². The van der Waals surface area contributed by atoms with Crippen LogP contribution >= 0.6 is 0 Å². The van der Waals surface area contributed by atoms with E-state index in [2.05, 4.69) is 0 Å². The summed E-state index contributed by atoms with van der Waals surface area (Å²) in [6.07, 6.45) is -6.04. The van der Waals surface area contributed by atoms with Crippen LogP contribution in [0.15, 0.2) is 72.8 Å². The Labute approximate surface area is 196 Å². The highest BCUT2D eigenvalue weighted by Crippen LogP contribution is 2.31. The molecular formula is C26H25F3O5. The number of carbonyl (C=O) groups excluding carboxylic acids is 1. The van der Waals surface area contributed by atoms with Crippen molar-refractivity contribution in [2.45, 2.75) is 45.9 Å². The summed E-state index contributed by atoms with van der Waals surface area (Å²) in [7, 11) is 0. The lowest BCUT2D eigenvalue weighted by Gasteiger charge is -2.19. The normalized spacial score (nSPS) is 13.1. The molecule has 0 amide bonds. The molecule has 0 aliphatic rings. The third-order valence-corrected chi connectivity index (χ3v) is 4.90. The minimum absolute atomic E-state index is 0.262. The Morgan fingerprint density at radius 2 is 1.41 bits per heavy atom. The van der Waals surface area contributed by atoms with Crippen molar-refractivity contribution in [3.05, 3.63) is 89.5 Å². The Bertz CT molecular complexity index is 1080. The lowest BCUT2D eigenvalue weighted by atomic mass is 10.1. The number of rotatable bonds is 9. The van der Waals surface area contributed by atoms with Crippen molar-refractivity contribution in [3.63, 3.8) is 0 Å². The van der Waals surface area contributed by atoms with Gasteiger partial charge in [-0.1, -0.05) is 24.3 Å². The summed E-state index contributed by atoms with van der Waals surface area (Å²) in [6.45, 7) is 5.49. The molecule has 0 saturated heterocycles. The summed E-state index contributed by atoms with van der Waals surface area (Å²) in [6, 6.07) is 18.5. The summed E-state index contributed by atoms with van der Waals surface area (Å²) in [4.78, 5) is 12.3. The number of carbonyl (C=O) groups is 1. The van der Waals surface area contributed by atoms with Gasteiger partial charge in [-0.3, -0.25) is 0 Å². The number of benzene rings is 3. The van der Waals surface area contributed by atoms with Crippen molar-refractivity contribution >= 4 is 5.97 Å². The summed E-state index contributed by atoms with van der Waals surface area (Å²) in [5, 5.41) is 0. The molecule has 2 unspecified atom stereocenters. The number of hydrogen-bond acceptors (Lipinski definition) is 5. The second-order valence-electron chi connectivity index (χ2n) is 7.60. The predicted octanol–water partition coefficient (Wildman–Crippen LogP) is 6.68. The zero-order valence-corrected chi connectivity index (χ0v) is 19.0. The lowest BCUT2D eigenvalue weighted by Crippen LogP contribution is -2.30. The highest BCUT2D eigenvalue weighted by Gasteiger charge is 2.30. The average molecular weight is 474 g/mol. The van der Waals surface area contributed by atoms with Crippen molar-refractivity contribution in [3.8, 4) is 17.2 Å². The summed E-state index contributed by atoms with van der Waals surface area (Å²) >= 11 is 0. The number of alkyl halides is 3. The molecule has 3 rings (SSSR count). The van der Waals surface area contributed by atoms with Crippen LogP contribution in [0.2, 0.25) is 0 Å². The van der Waals surface area contributed by atoms with Crippen LogP contribution in [-0.4, -0.2) is 18.4 Å². The Balaban J connectivity index is 1.47. The van der Waals surface area contributed by atoms with Crippen LogP contribution in [0.1, 0.15) is 30.5 Å². The summed E-state index contributed by atoms with van der Waals surface area (Å²) < 4.78 is 60.0. The van der Waals surface area contributed by atoms with Crippen LogP contribution in [0.4, 0.5) is 13.2 Å². The molecule has 2 atom stereocenters. The van der Waals surface area contributed by atoms with Gasteiger partial charge >= 0.3 is 12.1 Å². The van der Waals surface area contributed by atoms with Crippen LogP contribution in [0.5, 0.6) is 17.2 Å². The lowest BCUT2D eigenvalue weighted by molar-refractivity contribution is -0.183. The fourth-order valence-corrected chi connectivity index (χ4v) is 2.96. The van der Waals surface area contributed by atoms with Crippen LogP contribution in [0.3, 0.4) is 0 Å². The molecular weight excluding hydrogens is 449 g/mol. The molecule has 3 aromatic carbocycles. The second-order valence-corrected chi connectivity index (χ2v) is 7.60. The van der Waals surface area contributed by atoms with E-state index in [-0.39, 0.29) is 5.75 Å². The third-order valence-electron chi connectivity index (χ3n) is 4.90. The van der Waals surface area contributed by atoms with Crippen LogP contribution in [0, 0.1) is 6.92 Å². The molecule has 8 heteroatoms. The highest BCUT2D eigenvalue weighted by atomic mass is 19.4. The molecule has 34 heavy (non-hydrogen) atoms. The summed E-state index contributed by atoms with van der Waals surface area (Å²) in [5.41, 5.74) is 1.34. The Kier molecular flexibility index (Phi) is 8.17. The number of esters is 1. The van der Waals surface area contributed by atoms with Gasteiger partial charge in [-0.25, -0.2) is 4.79 Å². The van der Waals surface area contributed by atoms with Gasteiger partial charge < -0.3 is 18.9 Å². The Morgan fingerprint density at radius 1 is 0.853 bits per heavy atom. The van der Waals surface area contributed by atoms with Crippen molar-refractivity contribution < 1.29 is 36.9 Å². The fraction of sp³-hybridized carbons (Fsp3) is 0.269. The first-order valence-corrected chi connectivity index (χ1v) is 10.6. The standard InChI is InChI=1S/C26H25F3O5/c1-17-6-4-5-7-20(17)16-31-19(3)33-25(30)18(2)32-22-12-14-24(15-13-22)34-23-10-8-21(9-11-23)26(27,28)29/h4-15,18-19H,16H2,1-3H3. The monoisotopic (exact) mass is 474 g/mol. The quantitative estimate of drug-likeness (QED) is 0.256. The molecule has 0 bridgehead atoms. The zero-order valence-electron chi connectivity index (χ0n) is 19.0. The Hall–Kier alpha value is -3.52. The topological polar surface area (TPSA) is 54.0 Å². The molecule has 0 radical (unpaired) electrons. The van der Waals surface area contributed by atoms with Crippen LogP contribution in [0.25, 0.3) is 0 Å². The molecule has 0 aliphatic carbocycles. The Morgan fingerprint density at radius 3 is 2.00 bits per heavy atom. The average Bonchev–Trinajstić information content (AvgIpc) is 2.79. The minimum atomic E-state index is -4.40. The number of aryl methyl sites for hydroxylation is 1. The fourth-order valence-electron chi connectivity index (χ4n) is 2.96. The van der Waals surface area contributed by atoms with E-state index in [1.54, 1.807) is 38.1 Å². The molecule has 0 spiro atoms. The maximum atomic E-state index is 12.7. The van der Waals surface area contributed by atoms with Crippen molar-refractivity contribution in [1.82, 2.24) is 0 Å². The molecule has 0 fully saturated rings. The van der Waals surface area contributed by atoms with E-state index in [0.29, 0.717) is 18.1 Å². The smallest absolute Gasteiger partial charge is 0.416 e. The van der Waals surface area contributed by atoms with Gasteiger partial charge in [-0.15, -0.1) is 0 Å². The zero-order chi connectivity index (χ0) is 24.7. The van der Waals surface area contributed by atoms with E-state index in [0.717, 1.165) is 23.3 Å². The molecule has 0 heterocycles. The molecule has 3 aromatic rings. The minimum Gasteiger partial charge on any atom is -0.479 e. The third kappa shape index (κ3) is 7.25. The van der Waals surface area contributed by atoms with Gasteiger partial charge in [0.2, 0.25) is 6.29 Å². The number of ether oxygens (including phenoxy) is 4. The van der Waals surface area contributed by atoms with Gasteiger partial charge in [0.05, 0.1) is 12.2 Å². The predicted molar refractivity (Wildman–Crippen MR) is 120 cm³/mol. The molecule has 0 aromatic heterocycles. The first-order chi connectivity index (χ1) is 16.1. The van der Waals surface area contributed by atoms with Gasteiger partial charge in [-0.05, 0) is 80.4 Å². The van der Waals surface area contributed by atoms with Gasteiger partial charge in [0.15, 0.2) is 6.10 Å². The second kappa shape index (κ2) is 11.1. The SMILES string of the molecule is Cc1ccccc1COC(C)OC(=O)C(C)Oc1ccc(Oc2ccc(C(F)(F)F)cc2)cc1. The molecule has 5 nitrogen and oxygen atoms in total. The molecule has 180 valence electrons. The maximum absolute atomic E-state index is 12.7. The van der Waals surface area contributed by atoms with E-state index in [1.165, 1.54) is 12.1 Å². The molecule has 0 saturated carbocycles. The van der Waals surface area contributed by atoms with Gasteiger partial charge in [0.1, 0.15) is 17.2 Å². The number of hydrogen-bond donors (Lipinski definition) is 0. The first kappa shape index (κ1) is 25.1. The largest absolute Gasteiger partial charge is 0.479 e. The van der Waals surface area contributed by atoms with E-state index in [9.17, 15) is 18.0 Å². The summed E-state index contributed by atoms with van der Waals surface area (Å²) in [5.74, 6) is 0.485. The van der Waals surface area contributed by atoms with E-state index in [4.69, 9.17) is 18.9 Å². The maximum Gasteiger partial charge on any atom is 0.416 e. The molecule has 0 aliphatic heterocycles. The van der Waals surface area contributed by atoms with Crippen molar-refractivity contribution in [1.29, 1.82) is 0 Å². The van der Waals surface area contributed by atoms with Crippen LogP contribution in [-0.2, 0) is 27.1 Å². The van der Waals surface area contributed by atoms with E-state index in [1.807, 2.05) is 31.2 Å². The molecule has 0 N–H and O–H groups in total. The first-order valence-electron chi connectivity index (χ1n) is 10.6. The van der Waals surface area contributed by atoms with E-state index >= 15 is 0 Å². The van der Waals surface area contributed by atoms with Gasteiger partial charge in [0, 0.05) is 0 Å². The van der Waals surface area contributed by atoms with Crippen LogP contribution < -0.4 is 9.47 Å². The number of halogens is 3. The van der Waals surface area contributed by atoms with Gasteiger partial charge in [0.25, 0.3) is 0 Å². The highest BCUT2D eigenvalue weighted by molar-refractivity contribution is 5.74. The van der Waals surface area contributed by atoms with Crippen molar-refractivity contribution in [2.24, 2.45) is 0 Å².